The van der Waals surface area contributed by atoms with Crippen LogP contribution in [0.4, 0.5) is 5.13 Å². The molecule has 7 heteroatoms. The number of ether oxygens (including phenoxy) is 1. The monoisotopic (exact) mass is 255 g/mol. The first-order valence-electron chi connectivity index (χ1n) is 5.27. The van der Waals surface area contributed by atoms with E-state index in [0.29, 0.717) is 31.4 Å². The number of hydrogen-bond donors (Lipinski definition) is 1. The molecule has 17 heavy (non-hydrogen) atoms. The molecule has 1 aliphatic rings. The average molecular weight is 255 g/mol. The van der Waals surface area contributed by atoms with E-state index in [4.69, 9.17) is 4.74 Å². The number of aryl methyl sites for hydroxylation is 1. The SMILES string of the molecule is Cc1csc(NC(=O)C(=O)N2CCOCC2)n1. The van der Waals surface area contributed by atoms with Crippen LogP contribution in [0.3, 0.4) is 0 Å². The van der Waals surface area contributed by atoms with Crippen molar-refractivity contribution in [3.8, 4) is 0 Å². The van der Waals surface area contributed by atoms with Gasteiger partial charge in [-0.1, -0.05) is 0 Å². The summed E-state index contributed by atoms with van der Waals surface area (Å²) < 4.78 is 5.12. The van der Waals surface area contributed by atoms with Gasteiger partial charge in [0.05, 0.1) is 18.9 Å². The van der Waals surface area contributed by atoms with Gasteiger partial charge in [0, 0.05) is 18.5 Å². The van der Waals surface area contributed by atoms with Gasteiger partial charge in [-0.05, 0) is 6.92 Å². The average Bonchev–Trinajstić information content (AvgIpc) is 2.75. The standard InChI is InChI=1S/C10H13N3O3S/c1-7-6-17-10(11-7)12-8(14)9(15)13-2-4-16-5-3-13/h6H,2-5H2,1H3,(H,11,12,14). The second kappa shape index (κ2) is 5.24. The first-order chi connectivity index (χ1) is 8.16. The first-order valence-corrected chi connectivity index (χ1v) is 6.15. The van der Waals surface area contributed by atoms with Crippen molar-refractivity contribution in [2.45, 2.75) is 6.92 Å². The number of nitrogens with zero attached hydrogens (tertiary/aromatic N) is 2. The number of carbonyl (C=O) groups excluding carboxylic acids is 2. The predicted octanol–water partition coefficient (Wildman–Crippen LogP) is 0.249. The molecule has 0 unspecified atom stereocenters. The van der Waals surface area contributed by atoms with Gasteiger partial charge in [-0.2, -0.15) is 0 Å². The highest BCUT2D eigenvalue weighted by Gasteiger charge is 2.24. The molecule has 1 fully saturated rings. The van der Waals surface area contributed by atoms with Crippen LogP contribution in [0.1, 0.15) is 5.69 Å². The summed E-state index contributed by atoms with van der Waals surface area (Å²) in [5.74, 6) is -1.16. The molecule has 0 bridgehead atoms. The normalized spacial score (nSPS) is 15.7. The topological polar surface area (TPSA) is 71.5 Å². The lowest BCUT2D eigenvalue weighted by Crippen LogP contribution is -2.45. The molecule has 2 heterocycles. The van der Waals surface area contributed by atoms with Gasteiger partial charge in [0.2, 0.25) is 0 Å². The maximum atomic E-state index is 11.7. The Morgan fingerprint density at radius 2 is 2.18 bits per heavy atom. The van der Waals surface area contributed by atoms with E-state index in [1.54, 1.807) is 0 Å². The van der Waals surface area contributed by atoms with Crippen LogP contribution in [0.25, 0.3) is 0 Å². The Hall–Kier alpha value is -1.47. The first kappa shape index (κ1) is 12.0. The van der Waals surface area contributed by atoms with Gasteiger partial charge in [0.25, 0.3) is 0 Å². The van der Waals surface area contributed by atoms with Crippen molar-refractivity contribution in [1.29, 1.82) is 0 Å². The molecular weight excluding hydrogens is 242 g/mol. The van der Waals surface area contributed by atoms with Gasteiger partial charge in [0.15, 0.2) is 5.13 Å². The van der Waals surface area contributed by atoms with Crippen molar-refractivity contribution in [2.75, 3.05) is 31.6 Å². The largest absolute Gasteiger partial charge is 0.378 e. The van der Waals surface area contributed by atoms with E-state index in [-0.39, 0.29) is 0 Å². The van der Waals surface area contributed by atoms with Crippen LogP contribution in [0, 0.1) is 6.92 Å². The molecule has 0 radical (unpaired) electrons. The zero-order valence-electron chi connectivity index (χ0n) is 9.43. The molecule has 0 aromatic carbocycles. The molecule has 1 saturated heterocycles. The Labute approximate surface area is 103 Å². The Bertz CT molecular complexity index is 426. The molecule has 0 spiro atoms. The molecule has 2 amide bonds. The number of amides is 2. The summed E-state index contributed by atoms with van der Waals surface area (Å²) in [5, 5.41) is 4.76. The Morgan fingerprint density at radius 3 is 2.76 bits per heavy atom. The highest BCUT2D eigenvalue weighted by Crippen LogP contribution is 2.14. The van der Waals surface area contributed by atoms with Crippen LogP contribution < -0.4 is 5.32 Å². The number of carbonyl (C=O) groups is 2. The molecule has 0 aliphatic carbocycles. The Kier molecular flexibility index (Phi) is 3.70. The van der Waals surface area contributed by atoms with Crippen LogP contribution >= 0.6 is 11.3 Å². The highest BCUT2D eigenvalue weighted by atomic mass is 32.1. The van der Waals surface area contributed by atoms with E-state index in [2.05, 4.69) is 10.3 Å². The van der Waals surface area contributed by atoms with Gasteiger partial charge in [0.1, 0.15) is 0 Å². The fraction of sp³-hybridized carbons (Fsp3) is 0.500. The summed E-state index contributed by atoms with van der Waals surface area (Å²) in [6.45, 7) is 3.72. The zero-order valence-corrected chi connectivity index (χ0v) is 10.2. The van der Waals surface area contributed by atoms with Crippen molar-refractivity contribution in [3.05, 3.63) is 11.1 Å². The number of anilines is 1. The number of nitrogens with one attached hydrogen (secondary N) is 1. The third-order valence-electron chi connectivity index (χ3n) is 2.33. The number of hydrogen-bond acceptors (Lipinski definition) is 5. The summed E-state index contributed by atoms with van der Waals surface area (Å²) in [7, 11) is 0. The van der Waals surface area contributed by atoms with E-state index < -0.39 is 11.8 Å². The van der Waals surface area contributed by atoms with Gasteiger partial charge < -0.3 is 9.64 Å². The zero-order chi connectivity index (χ0) is 12.3. The molecular formula is C10H13N3O3S. The summed E-state index contributed by atoms with van der Waals surface area (Å²) >= 11 is 1.30. The lowest BCUT2D eigenvalue weighted by atomic mass is 10.4. The van der Waals surface area contributed by atoms with Crippen molar-refractivity contribution >= 4 is 28.3 Å². The third kappa shape index (κ3) is 3.01. The molecule has 1 aromatic heterocycles. The molecule has 0 saturated carbocycles. The van der Waals surface area contributed by atoms with E-state index in [9.17, 15) is 9.59 Å². The van der Waals surface area contributed by atoms with Crippen molar-refractivity contribution in [1.82, 2.24) is 9.88 Å². The fourth-order valence-corrected chi connectivity index (χ4v) is 2.16. The van der Waals surface area contributed by atoms with Crippen LogP contribution in [0.15, 0.2) is 5.38 Å². The number of thiazole rings is 1. The summed E-state index contributed by atoms with van der Waals surface area (Å²) in [4.78, 5) is 28.9. The Morgan fingerprint density at radius 1 is 1.47 bits per heavy atom. The number of morpholine rings is 1. The molecule has 1 aliphatic heterocycles. The highest BCUT2D eigenvalue weighted by molar-refractivity contribution is 7.14. The van der Waals surface area contributed by atoms with Crippen molar-refractivity contribution in [2.24, 2.45) is 0 Å². The summed E-state index contributed by atoms with van der Waals surface area (Å²) in [6.07, 6.45) is 0. The predicted molar refractivity (Wildman–Crippen MR) is 62.9 cm³/mol. The maximum absolute atomic E-state index is 11.7. The van der Waals surface area contributed by atoms with Gasteiger partial charge in [-0.15, -0.1) is 11.3 Å². The maximum Gasteiger partial charge on any atom is 0.315 e. The molecule has 0 atom stereocenters. The van der Waals surface area contributed by atoms with E-state index in [1.807, 2.05) is 12.3 Å². The number of aromatic nitrogens is 1. The second-order valence-corrected chi connectivity index (χ2v) is 4.51. The van der Waals surface area contributed by atoms with E-state index in [1.165, 1.54) is 16.2 Å². The minimum absolute atomic E-state index is 0.453. The molecule has 92 valence electrons. The smallest absolute Gasteiger partial charge is 0.315 e. The summed E-state index contributed by atoms with van der Waals surface area (Å²) in [5.41, 5.74) is 0.823. The molecule has 1 aromatic rings. The van der Waals surface area contributed by atoms with Gasteiger partial charge in [-0.25, -0.2) is 4.98 Å². The molecule has 1 N–H and O–H groups in total. The minimum atomic E-state index is -0.638. The third-order valence-corrected chi connectivity index (χ3v) is 3.21. The van der Waals surface area contributed by atoms with Gasteiger partial charge >= 0.3 is 11.8 Å². The molecule has 6 nitrogen and oxygen atoms in total. The number of rotatable bonds is 1. The molecule has 2 rings (SSSR count). The van der Waals surface area contributed by atoms with Crippen molar-refractivity contribution < 1.29 is 14.3 Å². The quantitative estimate of drug-likeness (QED) is 0.730. The van der Waals surface area contributed by atoms with Gasteiger partial charge in [-0.3, -0.25) is 14.9 Å². The van der Waals surface area contributed by atoms with Crippen LogP contribution in [-0.4, -0.2) is 48.0 Å². The lowest BCUT2D eigenvalue weighted by Gasteiger charge is -2.25. The van der Waals surface area contributed by atoms with E-state index in [0.717, 1.165) is 5.69 Å². The Balaban J connectivity index is 1.92. The fourth-order valence-electron chi connectivity index (χ4n) is 1.47. The van der Waals surface area contributed by atoms with E-state index >= 15 is 0 Å². The van der Waals surface area contributed by atoms with Crippen LogP contribution in [0.5, 0.6) is 0 Å². The minimum Gasteiger partial charge on any atom is -0.378 e. The van der Waals surface area contributed by atoms with Crippen LogP contribution in [0.2, 0.25) is 0 Å². The van der Waals surface area contributed by atoms with Crippen LogP contribution in [-0.2, 0) is 14.3 Å². The second-order valence-electron chi connectivity index (χ2n) is 3.65. The summed E-state index contributed by atoms with van der Waals surface area (Å²) in [6, 6.07) is 0. The lowest BCUT2D eigenvalue weighted by molar-refractivity contribution is -0.145. The van der Waals surface area contributed by atoms with Crippen molar-refractivity contribution in [3.63, 3.8) is 0 Å².